The highest BCUT2D eigenvalue weighted by Crippen LogP contribution is 2.27. The van der Waals surface area contributed by atoms with Crippen molar-refractivity contribution in [3.05, 3.63) is 29.3 Å². The largest absolute Gasteiger partial charge is 0.496 e. The molecule has 5 nitrogen and oxygen atoms in total. The van der Waals surface area contributed by atoms with Gasteiger partial charge in [0.05, 0.1) is 13.0 Å². The van der Waals surface area contributed by atoms with Crippen LogP contribution in [-0.2, 0) is 4.79 Å². The number of nitrogens with zero attached hydrogens (tertiary/aromatic N) is 1. The van der Waals surface area contributed by atoms with Gasteiger partial charge in [0.2, 0.25) is 0 Å². The molecule has 1 aliphatic heterocycles. The fourth-order valence-corrected chi connectivity index (χ4v) is 2.68. The molecule has 1 saturated heterocycles. The highest BCUT2D eigenvalue weighted by molar-refractivity contribution is 5.95. The highest BCUT2D eigenvalue weighted by Gasteiger charge is 2.38. The predicted molar refractivity (Wildman–Crippen MR) is 74.0 cm³/mol. The van der Waals surface area contributed by atoms with Crippen molar-refractivity contribution in [2.75, 3.05) is 13.7 Å². The Labute approximate surface area is 118 Å². The number of hydrogen-bond acceptors (Lipinski definition) is 3. The molecule has 1 aromatic rings. The zero-order valence-corrected chi connectivity index (χ0v) is 11.9. The number of hydrogen-bond donors (Lipinski definition) is 1. The normalized spacial score (nSPS) is 21.9. The topological polar surface area (TPSA) is 66.8 Å². The molecular formula is C15H19NO4. The van der Waals surface area contributed by atoms with Gasteiger partial charge in [-0.2, -0.15) is 0 Å². The van der Waals surface area contributed by atoms with Crippen LogP contribution in [-0.4, -0.2) is 41.6 Å². The van der Waals surface area contributed by atoms with Gasteiger partial charge in [-0.1, -0.05) is 6.07 Å². The van der Waals surface area contributed by atoms with Gasteiger partial charge in [0.1, 0.15) is 5.75 Å². The fourth-order valence-electron chi connectivity index (χ4n) is 2.68. The smallest absolute Gasteiger partial charge is 0.308 e. The van der Waals surface area contributed by atoms with E-state index in [0.717, 1.165) is 5.56 Å². The Morgan fingerprint density at radius 2 is 2.10 bits per heavy atom. The zero-order valence-electron chi connectivity index (χ0n) is 11.9. The lowest BCUT2D eigenvalue weighted by Crippen LogP contribution is -2.37. The molecule has 1 aliphatic rings. The van der Waals surface area contributed by atoms with E-state index in [9.17, 15) is 9.59 Å². The van der Waals surface area contributed by atoms with Crippen molar-refractivity contribution in [1.82, 2.24) is 4.90 Å². The lowest BCUT2D eigenvalue weighted by molar-refractivity contribution is -0.142. The Balaban J connectivity index is 2.22. The first kappa shape index (κ1) is 14.4. The molecule has 0 aliphatic carbocycles. The maximum absolute atomic E-state index is 12.5. The van der Waals surface area contributed by atoms with Crippen LogP contribution in [0, 0.1) is 12.8 Å². The number of carboxylic acids is 1. The number of methoxy groups -OCH3 is 1. The quantitative estimate of drug-likeness (QED) is 0.917. The van der Waals surface area contributed by atoms with Gasteiger partial charge in [-0.15, -0.1) is 0 Å². The summed E-state index contributed by atoms with van der Waals surface area (Å²) < 4.78 is 5.22. The fraction of sp³-hybridized carbons (Fsp3) is 0.467. The van der Waals surface area contributed by atoms with Crippen LogP contribution in [0.3, 0.4) is 0 Å². The van der Waals surface area contributed by atoms with E-state index in [4.69, 9.17) is 9.84 Å². The average Bonchev–Trinajstić information content (AvgIpc) is 2.80. The highest BCUT2D eigenvalue weighted by atomic mass is 16.5. The van der Waals surface area contributed by atoms with Crippen molar-refractivity contribution in [2.45, 2.75) is 26.3 Å². The molecule has 0 saturated carbocycles. The Hall–Kier alpha value is -2.04. The van der Waals surface area contributed by atoms with E-state index in [1.54, 1.807) is 31.1 Å². The second kappa shape index (κ2) is 5.53. The van der Waals surface area contributed by atoms with Crippen molar-refractivity contribution in [2.24, 2.45) is 5.92 Å². The number of benzene rings is 1. The van der Waals surface area contributed by atoms with Gasteiger partial charge >= 0.3 is 5.97 Å². The van der Waals surface area contributed by atoms with Crippen molar-refractivity contribution >= 4 is 11.9 Å². The molecule has 2 rings (SSSR count). The van der Waals surface area contributed by atoms with E-state index >= 15 is 0 Å². The van der Waals surface area contributed by atoms with E-state index in [2.05, 4.69) is 0 Å². The molecule has 2 unspecified atom stereocenters. The summed E-state index contributed by atoms with van der Waals surface area (Å²) in [5, 5.41) is 9.11. The van der Waals surface area contributed by atoms with Crippen LogP contribution < -0.4 is 4.74 Å². The van der Waals surface area contributed by atoms with Gasteiger partial charge in [-0.25, -0.2) is 0 Å². The molecule has 20 heavy (non-hydrogen) atoms. The van der Waals surface area contributed by atoms with Crippen molar-refractivity contribution in [3.63, 3.8) is 0 Å². The van der Waals surface area contributed by atoms with Crippen molar-refractivity contribution in [1.29, 1.82) is 0 Å². The summed E-state index contributed by atoms with van der Waals surface area (Å²) in [6, 6.07) is 5.01. The lowest BCUT2D eigenvalue weighted by Gasteiger charge is -2.23. The Bertz CT molecular complexity index is 541. The summed E-state index contributed by atoms with van der Waals surface area (Å²) in [7, 11) is 1.57. The van der Waals surface area contributed by atoms with E-state index in [1.165, 1.54) is 0 Å². The van der Waals surface area contributed by atoms with Crippen LogP contribution in [0.4, 0.5) is 0 Å². The number of rotatable bonds is 3. The number of carbonyl (C=O) groups is 2. The monoisotopic (exact) mass is 277 g/mol. The molecule has 1 aromatic carbocycles. The minimum Gasteiger partial charge on any atom is -0.496 e. The summed E-state index contributed by atoms with van der Waals surface area (Å²) >= 11 is 0. The molecular weight excluding hydrogens is 258 g/mol. The van der Waals surface area contributed by atoms with Gasteiger partial charge in [-0.3, -0.25) is 9.59 Å². The van der Waals surface area contributed by atoms with Crippen LogP contribution >= 0.6 is 0 Å². The summed E-state index contributed by atoms with van der Waals surface area (Å²) in [4.78, 5) is 25.2. The maximum atomic E-state index is 12.5. The maximum Gasteiger partial charge on any atom is 0.308 e. The van der Waals surface area contributed by atoms with Crippen LogP contribution in [0.2, 0.25) is 0 Å². The van der Waals surface area contributed by atoms with Gasteiger partial charge in [-0.05, 0) is 38.0 Å². The SMILES string of the molecule is COc1cc(C(=O)N2CCC(C(=O)O)C2C)ccc1C. The zero-order chi connectivity index (χ0) is 14.9. The van der Waals surface area contributed by atoms with Gasteiger partial charge < -0.3 is 14.7 Å². The molecule has 2 atom stereocenters. The molecule has 1 heterocycles. The number of ether oxygens (including phenoxy) is 1. The number of carbonyl (C=O) groups excluding carboxylic acids is 1. The number of carboxylic acid groups (broad SMARTS) is 1. The summed E-state index contributed by atoms with van der Waals surface area (Å²) in [5.74, 6) is -0.794. The molecule has 1 amide bonds. The second-order valence-corrected chi connectivity index (χ2v) is 5.16. The lowest BCUT2D eigenvalue weighted by atomic mass is 10.0. The minimum atomic E-state index is -0.839. The number of likely N-dealkylation sites (tertiary alicyclic amines) is 1. The van der Waals surface area contributed by atoms with E-state index in [1.807, 2.05) is 13.0 Å². The molecule has 108 valence electrons. The molecule has 1 fully saturated rings. The van der Waals surface area contributed by atoms with Crippen LogP contribution in [0.15, 0.2) is 18.2 Å². The third kappa shape index (κ3) is 2.48. The Kier molecular flexibility index (Phi) is 3.97. The van der Waals surface area contributed by atoms with Crippen LogP contribution in [0.5, 0.6) is 5.75 Å². The second-order valence-electron chi connectivity index (χ2n) is 5.16. The third-order valence-electron chi connectivity index (χ3n) is 3.99. The number of aryl methyl sites for hydroxylation is 1. The molecule has 5 heteroatoms. The van der Waals surface area contributed by atoms with Crippen LogP contribution in [0.1, 0.15) is 29.3 Å². The van der Waals surface area contributed by atoms with Gasteiger partial charge in [0, 0.05) is 18.2 Å². The Morgan fingerprint density at radius 3 is 2.65 bits per heavy atom. The molecule has 1 N–H and O–H groups in total. The first-order valence-corrected chi connectivity index (χ1v) is 6.64. The average molecular weight is 277 g/mol. The van der Waals surface area contributed by atoms with Gasteiger partial charge in [0.25, 0.3) is 5.91 Å². The van der Waals surface area contributed by atoms with E-state index < -0.39 is 11.9 Å². The standard InChI is InChI=1S/C15H19NO4/c1-9-4-5-11(8-13(9)20-3)14(17)16-7-6-12(10(16)2)15(18)19/h4-5,8,10,12H,6-7H2,1-3H3,(H,18,19). The van der Waals surface area contributed by atoms with Crippen molar-refractivity contribution < 1.29 is 19.4 Å². The first-order chi connectivity index (χ1) is 9.45. The van der Waals surface area contributed by atoms with E-state index in [-0.39, 0.29) is 11.9 Å². The summed E-state index contributed by atoms with van der Waals surface area (Å²) in [6.45, 7) is 4.17. The van der Waals surface area contributed by atoms with E-state index in [0.29, 0.717) is 24.3 Å². The molecule has 0 radical (unpaired) electrons. The molecule has 0 aromatic heterocycles. The molecule has 0 bridgehead atoms. The van der Waals surface area contributed by atoms with Crippen molar-refractivity contribution in [3.8, 4) is 5.75 Å². The summed E-state index contributed by atoms with van der Waals surface area (Å²) in [5.41, 5.74) is 1.49. The number of aliphatic carboxylic acids is 1. The third-order valence-corrected chi connectivity index (χ3v) is 3.99. The minimum absolute atomic E-state index is 0.139. The van der Waals surface area contributed by atoms with Gasteiger partial charge in [0.15, 0.2) is 0 Å². The Morgan fingerprint density at radius 1 is 1.40 bits per heavy atom. The predicted octanol–water partition coefficient (Wildman–Crippen LogP) is 1.94. The molecule has 0 spiro atoms. The summed E-state index contributed by atoms with van der Waals surface area (Å²) in [6.07, 6.45) is 0.505. The first-order valence-electron chi connectivity index (χ1n) is 6.64. The number of amides is 1. The van der Waals surface area contributed by atoms with Crippen LogP contribution in [0.25, 0.3) is 0 Å².